The quantitative estimate of drug-likeness (QED) is 0.868. The second-order valence-corrected chi connectivity index (χ2v) is 11.0. The van der Waals surface area contributed by atoms with E-state index in [4.69, 9.17) is 0 Å². The van der Waals surface area contributed by atoms with Crippen molar-refractivity contribution in [1.29, 1.82) is 0 Å². The van der Waals surface area contributed by atoms with Crippen LogP contribution in [-0.2, 0) is 11.3 Å². The maximum absolute atomic E-state index is 13.1. The van der Waals surface area contributed by atoms with Crippen molar-refractivity contribution in [3.05, 3.63) is 12.4 Å². The van der Waals surface area contributed by atoms with Gasteiger partial charge in [-0.25, -0.2) is 0 Å². The van der Waals surface area contributed by atoms with E-state index in [1.165, 1.54) is 38.5 Å². The summed E-state index contributed by atoms with van der Waals surface area (Å²) in [5.41, 5.74) is -0.101. The highest BCUT2D eigenvalue weighted by Crippen LogP contribution is 2.68. The lowest BCUT2D eigenvalue weighted by molar-refractivity contribution is -0.132. The minimum Gasteiger partial charge on any atom is -0.390 e. The number of hydrogen-bond donors (Lipinski definition) is 1. The highest BCUT2D eigenvalue weighted by Gasteiger charge is 2.65. The molecule has 1 N–H and O–H groups in total. The fraction of sp³-hybridized carbons (Fsp3) is 0.870. The summed E-state index contributed by atoms with van der Waals surface area (Å²) < 4.78 is 0. The molecule has 6 rings (SSSR count). The number of carbonyl (C=O) groups is 1. The molecule has 5 saturated carbocycles. The molecule has 28 heavy (non-hydrogen) atoms. The molecule has 9 atom stereocenters. The lowest BCUT2D eigenvalue weighted by atomic mass is 9.49. The second kappa shape index (κ2) is 5.90. The number of ketones is 1. The van der Waals surface area contributed by atoms with Crippen molar-refractivity contribution in [2.75, 3.05) is 0 Å². The van der Waals surface area contributed by atoms with Gasteiger partial charge in [-0.05, 0) is 98.7 Å². The molecular weight excluding hydrogens is 350 g/mol. The van der Waals surface area contributed by atoms with Gasteiger partial charge in [0.1, 0.15) is 6.54 Å². The van der Waals surface area contributed by atoms with Gasteiger partial charge in [-0.3, -0.25) is 4.79 Å². The van der Waals surface area contributed by atoms with Gasteiger partial charge in [0.2, 0.25) is 0 Å². The molecule has 5 fully saturated rings. The number of Topliss-reactive ketones (excluding diaryl/α,β-unsaturated/α-hetero) is 1. The maximum Gasteiger partial charge on any atom is 0.159 e. The van der Waals surface area contributed by atoms with Crippen LogP contribution in [0.2, 0.25) is 0 Å². The predicted octanol–water partition coefficient (Wildman–Crippen LogP) is 3.48. The Bertz CT molecular complexity index is 779. The van der Waals surface area contributed by atoms with Gasteiger partial charge in [0.05, 0.1) is 18.0 Å². The van der Waals surface area contributed by atoms with Crippen LogP contribution in [0.3, 0.4) is 0 Å². The van der Waals surface area contributed by atoms with Gasteiger partial charge in [-0.2, -0.15) is 15.0 Å². The lowest BCUT2D eigenvalue weighted by Gasteiger charge is -2.56. The van der Waals surface area contributed by atoms with Gasteiger partial charge < -0.3 is 5.11 Å². The van der Waals surface area contributed by atoms with E-state index < -0.39 is 0 Å². The van der Waals surface area contributed by atoms with Crippen molar-refractivity contribution in [1.82, 2.24) is 15.0 Å². The highest BCUT2D eigenvalue weighted by atomic mass is 16.3. The standard InChI is InChI=1S/C23H33N3O2/c1-22-8-6-14-15-7-9-23(28)12-20(23)17(15)3-2-16(14)18(22)4-5-19(22)21(27)13-26-24-10-11-25-26/h10-11,14-20,28H,2-9,12-13H2,1H3/t14-,15-,16-,17-,18+,19-,20?,22+,23+/m1/s1. The van der Waals surface area contributed by atoms with Crippen LogP contribution in [0.1, 0.15) is 64.7 Å². The summed E-state index contributed by atoms with van der Waals surface area (Å²) in [7, 11) is 0. The molecule has 1 aromatic rings. The second-order valence-electron chi connectivity index (χ2n) is 11.0. The molecule has 1 unspecified atom stereocenters. The third-order valence-electron chi connectivity index (χ3n) is 10.1. The predicted molar refractivity (Wildman–Crippen MR) is 104 cm³/mol. The molecular formula is C23H33N3O2. The molecule has 0 radical (unpaired) electrons. The van der Waals surface area contributed by atoms with Crippen molar-refractivity contribution in [2.45, 2.75) is 76.9 Å². The van der Waals surface area contributed by atoms with E-state index in [0.29, 0.717) is 24.2 Å². The molecule has 5 nitrogen and oxygen atoms in total. The summed E-state index contributed by atoms with van der Waals surface area (Å²) >= 11 is 0. The normalized spacial score (nSPS) is 51.6. The molecule has 5 aliphatic rings. The Morgan fingerprint density at radius 2 is 1.64 bits per heavy atom. The molecule has 5 aliphatic carbocycles. The van der Waals surface area contributed by atoms with Crippen molar-refractivity contribution in [2.24, 2.45) is 46.8 Å². The van der Waals surface area contributed by atoms with Crippen molar-refractivity contribution in [3.8, 4) is 0 Å². The number of hydrogen-bond acceptors (Lipinski definition) is 4. The average molecular weight is 384 g/mol. The van der Waals surface area contributed by atoms with E-state index in [1.807, 2.05) is 0 Å². The van der Waals surface area contributed by atoms with Crippen LogP contribution in [0.4, 0.5) is 0 Å². The Labute approximate surface area is 167 Å². The van der Waals surface area contributed by atoms with E-state index in [0.717, 1.165) is 42.9 Å². The topological polar surface area (TPSA) is 68.0 Å². The minimum atomic E-state index is -0.275. The smallest absolute Gasteiger partial charge is 0.159 e. The molecule has 0 aliphatic heterocycles. The van der Waals surface area contributed by atoms with Gasteiger partial charge in [0, 0.05) is 5.92 Å². The molecule has 0 amide bonds. The van der Waals surface area contributed by atoms with Gasteiger partial charge >= 0.3 is 0 Å². The third-order valence-corrected chi connectivity index (χ3v) is 10.1. The Kier molecular flexibility index (Phi) is 3.71. The van der Waals surface area contributed by atoms with Crippen LogP contribution in [0, 0.1) is 46.8 Å². The monoisotopic (exact) mass is 383 g/mol. The number of fused-ring (bicyclic) bond motifs is 7. The Hall–Kier alpha value is -1.23. The van der Waals surface area contributed by atoms with Crippen molar-refractivity contribution < 1.29 is 9.90 Å². The maximum atomic E-state index is 13.1. The summed E-state index contributed by atoms with van der Waals surface area (Å²) in [5, 5.41) is 18.9. The molecule has 1 aromatic heterocycles. The van der Waals surface area contributed by atoms with E-state index in [-0.39, 0.29) is 16.9 Å². The first kappa shape index (κ1) is 17.6. The minimum absolute atomic E-state index is 0.174. The average Bonchev–Trinajstić information content (AvgIpc) is 3.00. The highest BCUT2D eigenvalue weighted by molar-refractivity contribution is 5.81. The van der Waals surface area contributed by atoms with E-state index >= 15 is 0 Å². The summed E-state index contributed by atoms with van der Waals surface area (Å²) in [6.45, 7) is 2.76. The molecule has 0 bridgehead atoms. The fourth-order valence-corrected chi connectivity index (χ4v) is 8.79. The first-order valence-corrected chi connectivity index (χ1v) is 11.6. The summed E-state index contributed by atoms with van der Waals surface area (Å²) in [5.74, 6) is 5.14. The molecule has 5 heteroatoms. The summed E-state index contributed by atoms with van der Waals surface area (Å²) in [6, 6.07) is 0. The fourth-order valence-electron chi connectivity index (χ4n) is 8.79. The first-order valence-electron chi connectivity index (χ1n) is 11.6. The van der Waals surface area contributed by atoms with Gasteiger partial charge in [-0.15, -0.1) is 0 Å². The van der Waals surface area contributed by atoms with E-state index in [1.54, 1.807) is 17.2 Å². The Morgan fingerprint density at radius 1 is 0.964 bits per heavy atom. The zero-order chi connectivity index (χ0) is 19.1. The summed E-state index contributed by atoms with van der Waals surface area (Å²) in [6.07, 6.45) is 14.1. The summed E-state index contributed by atoms with van der Waals surface area (Å²) in [4.78, 5) is 14.7. The SMILES string of the molecule is C[C@]12CC[C@@H]3[C@H]4CC[C@]5(O)CC5[C@@H]4CC[C@H]3[C@@H]1CC[C@@H]2C(=O)Cn1nccn1. The van der Waals surface area contributed by atoms with Crippen LogP contribution in [0.25, 0.3) is 0 Å². The van der Waals surface area contributed by atoms with Gasteiger partial charge in [0.25, 0.3) is 0 Å². The zero-order valence-corrected chi connectivity index (χ0v) is 17.0. The van der Waals surface area contributed by atoms with Crippen LogP contribution in [-0.4, -0.2) is 31.5 Å². The molecule has 0 spiro atoms. The van der Waals surface area contributed by atoms with Crippen LogP contribution in [0.5, 0.6) is 0 Å². The zero-order valence-electron chi connectivity index (χ0n) is 17.0. The third kappa shape index (κ3) is 2.37. The number of rotatable bonds is 3. The van der Waals surface area contributed by atoms with Gasteiger partial charge in [0.15, 0.2) is 5.78 Å². The largest absolute Gasteiger partial charge is 0.390 e. The first-order chi connectivity index (χ1) is 13.5. The number of nitrogens with zero attached hydrogens (tertiary/aromatic N) is 3. The van der Waals surface area contributed by atoms with Crippen molar-refractivity contribution in [3.63, 3.8) is 0 Å². The number of aromatic nitrogens is 3. The van der Waals surface area contributed by atoms with Crippen LogP contribution in [0.15, 0.2) is 12.4 Å². The Balaban J connectivity index is 1.21. The lowest BCUT2D eigenvalue weighted by Crippen LogP contribution is -2.50. The molecule has 0 saturated heterocycles. The van der Waals surface area contributed by atoms with Gasteiger partial charge in [-0.1, -0.05) is 6.92 Å². The number of carbonyl (C=O) groups excluding carboxylic acids is 1. The van der Waals surface area contributed by atoms with E-state index in [9.17, 15) is 9.90 Å². The molecule has 0 aromatic carbocycles. The van der Waals surface area contributed by atoms with E-state index in [2.05, 4.69) is 17.1 Å². The molecule has 1 heterocycles. The number of aliphatic hydroxyl groups is 1. The molecule has 152 valence electrons. The Morgan fingerprint density at radius 3 is 2.39 bits per heavy atom. The van der Waals surface area contributed by atoms with Crippen LogP contribution >= 0.6 is 0 Å². The van der Waals surface area contributed by atoms with Crippen LogP contribution < -0.4 is 0 Å². The van der Waals surface area contributed by atoms with Crippen molar-refractivity contribution >= 4 is 5.78 Å².